The van der Waals surface area contributed by atoms with Crippen LogP contribution < -0.4 is 14.8 Å². The fraction of sp³-hybridized carbons (Fsp3) is 0.0625. The minimum absolute atomic E-state index is 0.694. The number of hydrogen-bond acceptors (Lipinski definition) is 6. The molecular weight excluding hydrogens is 492 g/mol. The molecule has 0 spiro atoms. The Balaban J connectivity index is 1.36. The van der Waals surface area contributed by atoms with E-state index in [1.54, 1.807) is 18.4 Å². The topological polar surface area (TPSA) is 56.9 Å². The summed E-state index contributed by atoms with van der Waals surface area (Å²) >= 11 is 1.57. The van der Waals surface area contributed by atoms with Gasteiger partial charge in [-0.3, -0.25) is 0 Å². The SMILES string of the molecule is COc1ccc(-c2c/c(=N\c3nc(-c4ccc(Oc5ccccc5)cc4)c(C)s3)c3ccccc3o2)cc1. The summed E-state index contributed by atoms with van der Waals surface area (Å²) in [5, 5.41) is 2.44. The van der Waals surface area contributed by atoms with Crippen molar-refractivity contribution in [1.29, 1.82) is 0 Å². The Morgan fingerprint density at radius 1 is 0.737 bits per heavy atom. The molecule has 0 bridgehead atoms. The second kappa shape index (κ2) is 10.4. The van der Waals surface area contributed by atoms with Gasteiger partial charge in [-0.15, -0.1) is 0 Å². The molecule has 0 radical (unpaired) electrons. The van der Waals surface area contributed by atoms with Crippen molar-refractivity contribution in [1.82, 2.24) is 4.98 Å². The molecule has 6 heteroatoms. The zero-order valence-corrected chi connectivity index (χ0v) is 21.7. The van der Waals surface area contributed by atoms with E-state index in [0.29, 0.717) is 5.13 Å². The van der Waals surface area contributed by atoms with E-state index < -0.39 is 0 Å². The van der Waals surface area contributed by atoms with Crippen molar-refractivity contribution in [2.45, 2.75) is 6.92 Å². The fourth-order valence-electron chi connectivity index (χ4n) is 4.21. The quantitative estimate of drug-likeness (QED) is 0.222. The fourth-order valence-corrected chi connectivity index (χ4v) is 5.03. The van der Waals surface area contributed by atoms with Crippen LogP contribution in [0.5, 0.6) is 17.2 Å². The van der Waals surface area contributed by atoms with Gasteiger partial charge >= 0.3 is 0 Å². The van der Waals surface area contributed by atoms with Crippen LogP contribution in [0.3, 0.4) is 0 Å². The lowest BCUT2D eigenvalue weighted by Crippen LogP contribution is -2.03. The summed E-state index contributed by atoms with van der Waals surface area (Å²) in [6, 6.07) is 35.4. The summed E-state index contributed by atoms with van der Waals surface area (Å²) in [5.41, 5.74) is 3.65. The number of aromatic nitrogens is 1. The Hall–Kier alpha value is -4.68. The molecule has 2 aromatic heterocycles. The number of nitrogens with zero attached hydrogens (tertiary/aromatic N) is 2. The lowest BCUT2D eigenvalue weighted by Gasteiger charge is -2.06. The monoisotopic (exact) mass is 516 g/mol. The molecule has 0 saturated heterocycles. The van der Waals surface area contributed by atoms with Crippen molar-refractivity contribution < 1.29 is 13.9 Å². The first-order valence-corrected chi connectivity index (χ1v) is 13.0. The summed E-state index contributed by atoms with van der Waals surface area (Å²) in [4.78, 5) is 11.0. The standard InChI is InChI=1S/C32H24N2O3S/c1-21-31(23-14-18-26(19-15-23)36-25-8-4-3-5-9-25)34-32(38-21)33-28-20-30(22-12-16-24(35-2)17-13-22)37-29-11-7-6-10-27(28)29/h3-20H,1-2H3/b33-28+. The first-order valence-electron chi connectivity index (χ1n) is 12.2. The number of rotatable bonds is 6. The first-order chi connectivity index (χ1) is 18.7. The predicted octanol–water partition coefficient (Wildman–Crippen LogP) is 8.57. The normalized spacial score (nSPS) is 11.6. The van der Waals surface area contributed by atoms with Gasteiger partial charge in [0.25, 0.3) is 0 Å². The molecule has 0 aliphatic heterocycles. The van der Waals surface area contributed by atoms with Crippen molar-refractivity contribution in [2.24, 2.45) is 4.99 Å². The van der Waals surface area contributed by atoms with Gasteiger partial charge in [-0.1, -0.05) is 41.7 Å². The molecule has 0 unspecified atom stereocenters. The molecule has 0 atom stereocenters. The van der Waals surface area contributed by atoms with Crippen molar-refractivity contribution in [3.63, 3.8) is 0 Å². The summed E-state index contributed by atoms with van der Waals surface area (Å²) in [7, 11) is 1.66. The van der Waals surface area contributed by atoms with E-state index in [4.69, 9.17) is 23.9 Å². The van der Waals surface area contributed by atoms with E-state index >= 15 is 0 Å². The lowest BCUT2D eigenvalue weighted by atomic mass is 10.1. The van der Waals surface area contributed by atoms with Crippen molar-refractivity contribution in [2.75, 3.05) is 7.11 Å². The number of methoxy groups -OCH3 is 1. The summed E-state index contributed by atoms with van der Waals surface area (Å²) < 4.78 is 17.5. The average Bonchev–Trinajstić information content (AvgIpc) is 3.33. The minimum Gasteiger partial charge on any atom is -0.497 e. The van der Waals surface area contributed by atoms with Crippen LogP contribution in [0.25, 0.3) is 33.6 Å². The third-order valence-electron chi connectivity index (χ3n) is 6.13. The van der Waals surface area contributed by atoms with Crippen molar-refractivity contribution in [3.8, 4) is 39.8 Å². The summed E-state index contributed by atoms with van der Waals surface area (Å²) in [6.45, 7) is 2.07. The molecule has 6 aromatic rings. The summed E-state index contributed by atoms with van der Waals surface area (Å²) in [5.74, 6) is 3.11. The van der Waals surface area contributed by atoms with Gasteiger partial charge in [-0.2, -0.15) is 0 Å². The number of ether oxygens (including phenoxy) is 2. The number of aryl methyl sites for hydroxylation is 1. The highest BCUT2D eigenvalue weighted by Crippen LogP contribution is 2.33. The van der Waals surface area contributed by atoms with E-state index in [0.717, 1.165) is 61.0 Å². The number of fused-ring (bicyclic) bond motifs is 1. The van der Waals surface area contributed by atoms with Crippen LogP contribution in [0.1, 0.15) is 4.88 Å². The van der Waals surface area contributed by atoms with Crippen LogP contribution in [0.2, 0.25) is 0 Å². The highest BCUT2D eigenvalue weighted by atomic mass is 32.1. The smallest absolute Gasteiger partial charge is 0.210 e. The van der Waals surface area contributed by atoms with Gasteiger partial charge in [-0.05, 0) is 79.7 Å². The van der Waals surface area contributed by atoms with E-state index in [9.17, 15) is 0 Å². The highest BCUT2D eigenvalue weighted by Gasteiger charge is 2.12. The van der Waals surface area contributed by atoms with E-state index in [2.05, 4.69) is 6.92 Å². The summed E-state index contributed by atoms with van der Waals surface area (Å²) in [6.07, 6.45) is 0. The molecule has 5 nitrogen and oxygen atoms in total. The third-order valence-corrected chi connectivity index (χ3v) is 7.00. The molecule has 6 rings (SSSR count). The van der Waals surface area contributed by atoms with Crippen LogP contribution >= 0.6 is 11.3 Å². The van der Waals surface area contributed by atoms with Crippen molar-refractivity contribution in [3.05, 3.63) is 119 Å². The molecule has 0 N–H and O–H groups in total. The van der Waals surface area contributed by atoms with Crippen molar-refractivity contribution >= 4 is 27.4 Å². The van der Waals surface area contributed by atoms with E-state index in [1.807, 2.05) is 109 Å². The molecule has 4 aromatic carbocycles. The second-order valence-electron chi connectivity index (χ2n) is 8.67. The van der Waals surface area contributed by atoms with Crippen LogP contribution in [0.4, 0.5) is 5.13 Å². The molecule has 0 aliphatic carbocycles. The number of thiazole rings is 1. The van der Waals surface area contributed by atoms with E-state index in [-0.39, 0.29) is 0 Å². The largest absolute Gasteiger partial charge is 0.497 e. The predicted molar refractivity (Wildman–Crippen MR) is 152 cm³/mol. The number of hydrogen-bond donors (Lipinski definition) is 0. The van der Waals surface area contributed by atoms with E-state index in [1.165, 1.54) is 0 Å². The molecule has 38 heavy (non-hydrogen) atoms. The number of benzene rings is 4. The van der Waals surface area contributed by atoms with Crippen LogP contribution in [0.15, 0.2) is 119 Å². The number of para-hydroxylation sites is 2. The van der Waals surface area contributed by atoms with Gasteiger partial charge in [0, 0.05) is 27.5 Å². The second-order valence-corrected chi connectivity index (χ2v) is 9.85. The lowest BCUT2D eigenvalue weighted by molar-refractivity contribution is 0.415. The molecular formula is C32H24N2O3S. The maximum atomic E-state index is 6.22. The molecule has 0 aliphatic rings. The van der Waals surface area contributed by atoms with Crippen LogP contribution in [0, 0.1) is 6.92 Å². The van der Waals surface area contributed by atoms with Crippen LogP contribution in [-0.4, -0.2) is 12.1 Å². The molecule has 0 saturated carbocycles. The van der Waals surface area contributed by atoms with Gasteiger partial charge in [0.15, 0.2) is 0 Å². The average molecular weight is 517 g/mol. The zero-order chi connectivity index (χ0) is 25.9. The Bertz CT molecular complexity index is 1770. The Kier molecular flexibility index (Phi) is 6.46. The van der Waals surface area contributed by atoms with Gasteiger partial charge in [0.2, 0.25) is 5.13 Å². The molecule has 0 amide bonds. The Labute approximate surface area is 224 Å². The highest BCUT2D eigenvalue weighted by molar-refractivity contribution is 7.15. The Morgan fingerprint density at radius 2 is 1.39 bits per heavy atom. The maximum absolute atomic E-state index is 6.22. The third kappa shape index (κ3) is 4.94. The van der Waals surface area contributed by atoms with Gasteiger partial charge in [-0.25, -0.2) is 9.98 Å². The van der Waals surface area contributed by atoms with Gasteiger partial charge < -0.3 is 13.9 Å². The maximum Gasteiger partial charge on any atom is 0.210 e. The molecule has 2 heterocycles. The zero-order valence-electron chi connectivity index (χ0n) is 20.9. The van der Waals surface area contributed by atoms with Crippen LogP contribution in [-0.2, 0) is 0 Å². The van der Waals surface area contributed by atoms with Gasteiger partial charge in [0.05, 0.1) is 18.2 Å². The molecule has 0 fully saturated rings. The Morgan fingerprint density at radius 3 is 2.16 bits per heavy atom. The minimum atomic E-state index is 0.694. The van der Waals surface area contributed by atoms with Gasteiger partial charge in [0.1, 0.15) is 28.6 Å². The first kappa shape index (κ1) is 23.7. The molecule has 186 valence electrons.